The fourth-order valence-electron chi connectivity index (χ4n) is 5.41. The lowest BCUT2D eigenvalue weighted by atomic mass is 9.65. The smallest absolute Gasteiger partial charge is 0.116 e. The monoisotopic (exact) mass is 450 g/mol. The predicted octanol–water partition coefficient (Wildman–Crippen LogP) is 8.28. The largest absolute Gasteiger partial charge is 0.508 e. The first-order chi connectivity index (χ1) is 17.2. The van der Waals surface area contributed by atoms with Gasteiger partial charge < -0.3 is 5.11 Å². The van der Waals surface area contributed by atoms with Crippen LogP contribution in [-0.4, -0.2) is 5.11 Å². The Balaban J connectivity index is 1.62. The zero-order chi connectivity index (χ0) is 23.7. The standard InChI is InChI=1S/C34H26O/c35-33-20-18-28-21-25(15-16-29(28)23-33)24-34(30-11-3-1-4-12-30,31-13-5-2-6-14-31)32-19-17-26-9-7-8-10-27(26)22-32/h1-23,35H,24H2. The van der Waals surface area contributed by atoms with Crippen LogP contribution in [0.3, 0.4) is 0 Å². The Labute approximate surface area is 205 Å². The summed E-state index contributed by atoms with van der Waals surface area (Å²) in [6.07, 6.45) is 0.816. The lowest BCUT2D eigenvalue weighted by Gasteiger charge is -2.36. The van der Waals surface area contributed by atoms with E-state index in [1.807, 2.05) is 12.1 Å². The minimum Gasteiger partial charge on any atom is -0.508 e. The molecule has 0 heterocycles. The van der Waals surface area contributed by atoms with E-state index in [9.17, 15) is 5.11 Å². The highest BCUT2D eigenvalue weighted by Crippen LogP contribution is 2.43. The molecule has 6 aromatic rings. The molecule has 0 atom stereocenters. The van der Waals surface area contributed by atoms with Crippen molar-refractivity contribution in [1.29, 1.82) is 0 Å². The number of phenolic OH excluding ortho intramolecular Hbond substituents is 1. The average Bonchev–Trinajstić information content (AvgIpc) is 2.92. The van der Waals surface area contributed by atoms with Gasteiger partial charge in [0, 0.05) is 5.41 Å². The van der Waals surface area contributed by atoms with E-state index in [-0.39, 0.29) is 5.41 Å². The van der Waals surface area contributed by atoms with Crippen molar-refractivity contribution in [3.63, 3.8) is 0 Å². The molecule has 6 aromatic carbocycles. The Morgan fingerprint density at radius 1 is 0.429 bits per heavy atom. The molecule has 0 aliphatic heterocycles. The number of rotatable bonds is 5. The fourth-order valence-corrected chi connectivity index (χ4v) is 5.41. The van der Waals surface area contributed by atoms with Gasteiger partial charge in [0.05, 0.1) is 0 Å². The van der Waals surface area contributed by atoms with E-state index >= 15 is 0 Å². The number of fused-ring (bicyclic) bond motifs is 2. The highest BCUT2D eigenvalue weighted by Gasteiger charge is 2.36. The van der Waals surface area contributed by atoms with Gasteiger partial charge in [0.25, 0.3) is 0 Å². The molecular weight excluding hydrogens is 424 g/mol. The third-order valence-corrected chi connectivity index (χ3v) is 7.13. The third kappa shape index (κ3) is 3.86. The first-order valence-corrected chi connectivity index (χ1v) is 12.0. The maximum atomic E-state index is 9.92. The zero-order valence-electron chi connectivity index (χ0n) is 19.4. The van der Waals surface area contributed by atoms with Crippen LogP contribution in [0, 0.1) is 0 Å². The molecule has 1 nitrogen and oxygen atoms in total. The average molecular weight is 451 g/mol. The van der Waals surface area contributed by atoms with Gasteiger partial charge in [-0.25, -0.2) is 0 Å². The Morgan fingerprint density at radius 2 is 0.971 bits per heavy atom. The molecule has 0 saturated heterocycles. The van der Waals surface area contributed by atoms with Crippen molar-refractivity contribution in [2.45, 2.75) is 11.8 Å². The van der Waals surface area contributed by atoms with E-state index in [1.165, 1.54) is 33.0 Å². The van der Waals surface area contributed by atoms with E-state index in [1.54, 1.807) is 6.07 Å². The summed E-state index contributed by atoms with van der Waals surface area (Å²) in [6.45, 7) is 0. The SMILES string of the molecule is Oc1ccc2cc(CC(c3ccccc3)(c3ccccc3)c3ccc4ccccc4c3)ccc2c1. The van der Waals surface area contributed by atoms with Crippen LogP contribution >= 0.6 is 0 Å². The molecule has 0 amide bonds. The highest BCUT2D eigenvalue weighted by molar-refractivity contribution is 5.85. The summed E-state index contributed by atoms with van der Waals surface area (Å²) < 4.78 is 0. The van der Waals surface area contributed by atoms with Crippen molar-refractivity contribution in [3.8, 4) is 5.75 Å². The maximum absolute atomic E-state index is 9.92. The van der Waals surface area contributed by atoms with Crippen LogP contribution in [0.4, 0.5) is 0 Å². The molecule has 0 spiro atoms. The van der Waals surface area contributed by atoms with Gasteiger partial charge >= 0.3 is 0 Å². The summed E-state index contributed by atoms with van der Waals surface area (Å²) in [7, 11) is 0. The van der Waals surface area contributed by atoms with Crippen LogP contribution in [0.1, 0.15) is 22.3 Å². The lowest BCUT2D eigenvalue weighted by molar-refractivity contribution is 0.476. The maximum Gasteiger partial charge on any atom is 0.116 e. The number of phenols is 1. The van der Waals surface area contributed by atoms with Crippen molar-refractivity contribution in [3.05, 3.63) is 162 Å². The highest BCUT2D eigenvalue weighted by atomic mass is 16.3. The van der Waals surface area contributed by atoms with E-state index in [2.05, 4.69) is 121 Å². The molecule has 0 saturated carbocycles. The fraction of sp³-hybridized carbons (Fsp3) is 0.0588. The Morgan fingerprint density at radius 3 is 1.69 bits per heavy atom. The molecule has 168 valence electrons. The second-order valence-corrected chi connectivity index (χ2v) is 9.24. The van der Waals surface area contributed by atoms with Gasteiger partial charge in [0.15, 0.2) is 0 Å². The van der Waals surface area contributed by atoms with Crippen molar-refractivity contribution in [2.24, 2.45) is 0 Å². The van der Waals surface area contributed by atoms with Crippen LogP contribution in [0.15, 0.2) is 140 Å². The Hall–Kier alpha value is -4.36. The van der Waals surface area contributed by atoms with Crippen molar-refractivity contribution in [1.82, 2.24) is 0 Å². The molecule has 0 aromatic heterocycles. The second kappa shape index (κ2) is 8.77. The van der Waals surface area contributed by atoms with Crippen LogP contribution in [0.2, 0.25) is 0 Å². The van der Waals surface area contributed by atoms with Gasteiger partial charge in [-0.05, 0) is 68.4 Å². The molecule has 0 aliphatic rings. The molecule has 6 rings (SSSR count). The third-order valence-electron chi connectivity index (χ3n) is 7.13. The lowest BCUT2D eigenvalue weighted by Crippen LogP contribution is -2.32. The topological polar surface area (TPSA) is 20.2 Å². The molecule has 0 fully saturated rings. The van der Waals surface area contributed by atoms with Gasteiger partial charge in [0.1, 0.15) is 5.75 Å². The van der Waals surface area contributed by atoms with E-state index in [0.717, 1.165) is 17.2 Å². The minimum absolute atomic E-state index is 0.296. The minimum atomic E-state index is -0.364. The first-order valence-electron chi connectivity index (χ1n) is 12.0. The van der Waals surface area contributed by atoms with Crippen molar-refractivity contribution < 1.29 is 5.11 Å². The summed E-state index contributed by atoms with van der Waals surface area (Å²) in [4.78, 5) is 0. The van der Waals surface area contributed by atoms with Gasteiger partial charge in [0.2, 0.25) is 0 Å². The number of hydrogen-bond acceptors (Lipinski definition) is 1. The van der Waals surface area contributed by atoms with Crippen LogP contribution in [0.25, 0.3) is 21.5 Å². The Kier molecular flexibility index (Phi) is 5.31. The molecular formula is C34H26O. The summed E-state index contributed by atoms with van der Waals surface area (Å²) in [5, 5.41) is 14.6. The van der Waals surface area contributed by atoms with E-state index in [0.29, 0.717) is 5.75 Å². The van der Waals surface area contributed by atoms with Crippen LogP contribution in [0.5, 0.6) is 5.75 Å². The normalized spacial score (nSPS) is 11.7. The van der Waals surface area contributed by atoms with Crippen molar-refractivity contribution >= 4 is 21.5 Å². The molecule has 1 heteroatoms. The Bertz CT molecular complexity index is 1580. The van der Waals surface area contributed by atoms with E-state index < -0.39 is 0 Å². The van der Waals surface area contributed by atoms with Crippen molar-refractivity contribution in [2.75, 3.05) is 0 Å². The molecule has 0 bridgehead atoms. The number of aromatic hydroxyl groups is 1. The molecule has 0 aliphatic carbocycles. The molecule has 1 N–H and O–H groups in total. The summed E-state index contributed by atoms with van der Waals surface area (Å²) in [6, 6.07) is 49.3. The van der Waals surface area contributed by atoms with Gasteiger partial charge in [-0.2, -0.15) is 0 Å². The molecule has 0 radical (unpaired) electrons. The first kappa shape index (κ1) is 21.2. The summed E-state index contributed by atoms with van der Waals surface area (Å²) in [5.74, 6) is 0.296. The zero-order valence-corrected chi connectivity index (χ0v) is 19.4. The van der Waals surface area contributed by atoms with Crippen LogP contribution in [-0.2, 0) is 11.8 Å². The van der Waals surface area contributed by atoms with E-state index in [4.69, 9.17) is 0 Å². The summed E-state index contributed by atoms with van der Waals surface area (Å²) >= 11 is 0. The van der Waals surface area contributed by atoms with Gasteiger partial charge in [-0.15, -0.1) is 0 Å². The predicted molar refractivity (Wildman–Crippen MR) is 146 cm³/mol. The second-order valence-electron chi connectivity index (χ2n) is 9.24. The van der Waals surface area contributed by atoms with Crippen LogP contribution < -0.4 is 0 Å². The molecule has 0 unspecified atom stereocenters. The summed E-state index contributed by atoms with van der Waals surface area (Å²) in [5.41, 5.74) is 4.71. The molecule has 35 heavy (non-hydrogen) atoms. The quantitative estimate of drug-likeness (QED) is 0.262. The number of benzene rings is 6. The van der Waals surface area contributed by atoms with Gasteiger partial charge in [-0.1, -0.05) is 121 Å². The number of hydrogen-bond donors (Lipinski definition) is 1. The van der Waals surface area contributed by atoms with Gasteiger partial charge in [-0.3, -0.25) is 0 Å².